The third-order valence-electron chi connectivity index (χ3n) is 5.09. The number of allylic oxidation sites excluding steroid dienone is 1. The second-order valence-electron chi connectivity index (χ2n) is 7.94. The summed E-state index contributed by atoms with van der Waals surface area (Å²) in [4.78, 5) is 36.0. The van der Waals surface area contributed by atoms with Crippen molar-refractivity contribution in [3.05, 3.63) is 91.4 Å². The minimum absolute atomic E-state index is 0.0153. The molecule has 1 atom stereocenters. The summed E-state index contributed by atoms with van der Waals surface area (Å²) in [6.07, 6.45) is 6.24. The lowest BCUT2D eigenvalue weighted by atomic mass is 9.99. The van der Waals surface area contributed by atoms with Crippen LogP contribution in [0.15, 0.2) is 70.2 Å². The molecule has 3 heterocycles. The Kier molecular flexibility index (Phi) is 7.34. The molecule has 0 saturated carbocycles. The molecule has 4 rings (SSSR count). The highest BCUT2D eigenvalue weighted by Crippen LogP contribution is 2.21. The van der Waals surface area contributed by atoms with Crippen molar-refractivity contribution in [3.63, 3.8) is 0 Å². The van der Waals surface area contributed by atoms with Crippen molar-refractivity contribution in [1.82, 2.24) is 20.6 Å². The van der Waals surface area contributed by atoms with Crippen LogP contribution in [0.3, 0.4) is 0 Å². The number of carbonyl (C=O) groups is 2. The summed E-state index contributed by atoms with van der Waals surface area (Å²) in [6, 6.07) is 9.27. The first kappa shape index (κ1) is 23.6. The maximum Gasteiger partial charge on any atom is 0.272 e. The van der Waals surface area contributed by atoms with Crippen molar-refractivity contribution in [2.75, 3.05) is 5.32 Å². The summed E-state index contributed by atoms with van der Waals surface area (Å²) in [6.45, 7) is 5.85. The number of hydrogen-bond donors (Lipinski definition) is 3. The Morgan fingerprint density at radius 2 is 1.79 bits per heavy atom. The third kappa shape index (κ3) is 6.06. The van der Waals surface area contributed by atoms with Crippen LogP contribution < -0.4 is 16.0 Å². The first-order valence-electron chi connectivity index (χ1n) is 10.8. The Morgan fingerprint density at radius 1 is 1.06 bits per heavy atom. The van der Waals surface area contributed by atoms with E-state index >= 15 is 0 Å². The second-order valence-corrected chi connectivity index (χ2v) is 9.87. The molecule has 0 bridgehead atoms. The second kappa shape index (κ2) is 10.6. The predicted molar refractivity (Wildman–Crippen MR) is 138 cm³/mol. The minimum atomic E-state index is -0.374. The van der Waals surface area contributed by atoms with Gasteiger partial charge in [-0.3, -0.25) is 9.59 Å². The van der Waals surface area contributed by atoms with Crippen LogP contribution in [0.5, 0.6) is 0 Å². The first-order valence-corrected chi connectivity index (χ1v) is 12.5. The number of amides is 2. The zero-order valence-corrected chi connectivity index (χ0v) is 20.7. The van der Waals surface area contributed by atoms with Gasteiger partial charge in [-0.15, -0.1) is 22.7 Å². The molecule has 9 heteroatoms. The molecule has 1 aliphatic rings. The van der Waals surface area contributed by atoms with E-state index in [9.17, 15) is 9.59 Å². The Bertz CT molecular complexity index is 1250. The summed E-state index contributed by atoms with van der Waals surface area (Å²) in [5.41, 5.74) is 3.73. The Morgan fingerprint density at radius 3 is 2.44 bits per heavy atom. The fourth-order valence-electron chi connectivity index (χ4n) is 3.52. The van der Waals surface area contributed by atoms with Crippen LogP contribution in [0.2, 0.25) is 0 Å². The molecule has 0 aliphatic heterocycles. The number of carbonyl (C=O) groups excluding carboxylic acids is 2. The Balaban J connectivity index is 1.46. The molecule has 2 amide bonds. The van der Waals surface area contributed by atoms with Gasteiger partial charge in [-0.05, 0) is 73.9 Å². The van der Waals surface area contributed by atoms with E-state index in [1.54, 1.807) is 18.2 Å². The van der Waals surface area contributed by atoms with Gasteiger partial charge in [0.1, 0.15) is 5.70 Å². The summed E-state index contributed by atoms with van der Waals surface area (Å²) in [5, 5.41) is 12.8. The molecule has 0 fully saturated rings. The highest BCUT2D eigenvalue weighted by molar-refractivity contribution is 7.12. The highest BCUT2D eigenvalue weighted by atomic mass is 32.1. The average molecular weight is 492 g/mol. The van der Waals surface area contributed by atoms with Crippen LogP contribution in [0.1, 0.15) is 39.3 Å². The van der Waals surface area contributed by atoms with Crippen molar-refractivity contribution < 1.29 is 9.59 Å². The lowest BCUT2D eigenvalue weighted by Gasteiger charge is -2.22. The monoisotopic (exact) mass is 491 g/mol. The number of thiophene rings is 2. The molecular formula is C25H25N5O2S2. The van der Waals surface area contributed by atoms with E-state index in [2.05, 4.69) is 25.9 Å². The van der Waals surface area contributed by atoms with Gasteiger partial charge in [-0.2, -0.15) is 0 Å². The van der Waals surface area contributed by atoms with Crippen molar-refractivity contribution >= 4 is 46.5 Å². The lowest BCUT2D eigenvalue weighted by molar-refractivity contribution is -0.117. The number of anilines is 1. The molecule has 3 N–H and O–H groups in total. The van der Waals surface area contributed by atoms with Gasteiger partial charge in [0.15, 0.2) is 0 Å². The lowest BCUT2D eigenvalue weighted by Crippen LogP contribution is -2.35. The van der Waals surface area contributed by atoms with E-state index in [1.165, 1.54) is 22.7 Å². The highest BCUT2D eigenvalue weighted by Gasteiger charge is 2.20. The quantitative estimate of drug-likeness (QED) is 0.412. The fourth-order valence-corrected chi connectivity index (χ4v) is 4.80. The van der Waals surface area contributed by atoms with Crippen LogP contribution in [0, 0.1) is 13.8 Å². The van der Waals surface area contributed by atoms with Crippen LogP contribution in [0.25, 0.3) is 6.08 Å². The van der Waals surface area contributed by atoms with Gasteiger partial charge >= 0.3 is 0 Å². The molecule has 0 spiro atoms. The SMILES string of the molecule is CC1=C(NC(=O)/C(=C\c2cccs2)NC(=O)c2cccs2)C=CC(Nc2nc(C)cc(C)n2)C1. The van der Waals surface area contributed by atoms with E-state index in [4.69, 9.17) is 0 Å². The van der Waals surface area contributed by atoms with Gasteiger partial charge in [-0.1, -0.05) is 18.2 Å². The molecule has 0 aromatic carbocycles. The summed E-state index contributed by atoms with van der Waals surface area (Å²) < 4.78 is 0. The van der Waals surface area contributed by atoms with Crippen LogP contribution >= 0.6 is 22.7 Å². The molecule has 34 heavy (non-hydrogen) atoms. The average Bonchev–Trinajstić information content (AvgIpc) is 3.48. The van der Waals surface area contributed by atoms with E-state index < -0.39 is 0 Å². The number of rotatable bonds is 7. The molecule has 3 aromatic rings. The smallest absolute Gasteiger partial charge is 0.272 e. The minimum Gasteiger partial charge on any atom is -0.348 e. The number of nitrogens with one attached hydrogen (secondary N) is 3. The number of aromatic nitrogens is 2. The number of nitrogens with zero attached hydrogens (tertiary/aromatic N) is 2. The molecule has 174 valence electrons. The molecule has 3 aromatic heterocycles. The van der Waals surface area contributed by atoms with E-state index in [0.717, 1.165) is 21.8 Å². The van der Waals surface area contributed by atoms with Crippen LogP contribution in [-0.4, -0.2) is 27.8 Å². The predicted octanol–water partition coefficient (Wildman–Crippen LogP) is 4.82. The van der Waals surface area contributed by atoms with E-state index in [-0.39, 0.29) is 23.6 Å². The van der Waals surface area contributed by atoms with Gasteiger partial charge in [-0.25, -0.2) is 9.97 Å². The summed E-state index contributed by atoms with van der Waals surface area (Å²) >= 11 is 2.82. The van der Waals surface area contributed by atoms with Gasteiger partial charge in [0.25, 0.3) is 11.8 Å². The molecular weight excluding hydrogens is 466 g/mol. The van der Waals surface area contributed by atoms with Gasteiger partial charge in [0.05, 0.1) is 10.9 Å². The Labute approximate surface area is 206 Å². The molecule has 7 nitrogen and oxygen atoms in total. The maximum atomic E-state index is 13.1. The van der Waals surface area contributed by atoms with E-state index in [0.29, 0.717) is 22.9 Å². The standard InChI is InChI=1S/C25H25N5O2S2/c1-15-12-18(28-25-26-16(2)13-17(3)27-25)8-9-20(15)29-23(31)21(14-19-6-4-10-33-19)30-24(32)22-7-5-11-34-22/h4-11,13-14,18H,12H2,1-3H3,(H,29,31)(H,30,32)(H,26,27,28)/b21-14+. The molecule has 0 saturated heterocycles. The molecule has 1 unspecified atom stereocenters. The van der Waals surface area contributed by atoms with Crippen LogP contribution in [-0.2, 0) is 4.79 Å². The van der Waals surface area contributed by atoms with Crippen molar-refractivity contribution in [1.29, 1.82) is 0 Å². The molecule has 1 aliphatic carbocycles. The zero-order valence-electron chi connectivity index (χ0n) is 19.1. The largest absolute Gasteiger partial charge is 0.348 e. The normalized spacial score (nSPS) is 15.9. The van der Waals surface area contributed by atoms with Crippen molar-refractivity contribution in [3.8, 4) is 0 Å². The van der Waals surface area contributed by atoms with Gasteiger partial charge in [0, 0.05) is 22.0 Å². The summed E-state index contributed by atoms with van der Waals surface area (Å²) in [5.74, 6) is -0.0956. The van der Waals surface area contributed by atoms with Crippen molar-refractivity contribution in [2.24, 2.45) is 0 Å². The fraction of sp³-hybridized carbons (Fsp3) is 0.200. The van der Waals surface area contributed by atoms with Crippen LogP contribution in [0.4, 0.5) is 5.95 Å². The first-order chi connectivity index (χ1) is 16.4. The third-order valence-corrected chi connectivity index (χ3v) is 6.78. The Hall–Kier alpha value is -3.56. The topological polar surface area (TPSA) is 96.0 Å². The van der Waals surface area contributed by atoms with Crippen molar-refractivity contribution in [2.45, 2.75) is 33.2 Å². The zero-order chi connectivity index (χ0) is 24.1. The van der Waals surface area contributed by atoms with E-state index in [1.807, 2.05) is 61.9 Å². The number of aryl methyl sites for hydroxylation is 2. The number of hydrogen-bond acceptors (Lipinski definition) is 7. The van der Waals surface area contributed by atoms with Gasteiger partial charge in [0.2, 0.25) is 5.95 Å². The molecule has 0 radical (unpaired) electrons. The maximum absolute atomic E-state index is 13.1. The van der Waals surface area contributed by atoms with Gasteiger partial charge < -0.3 is 16.0 Å². The summed E-state index contributed by atoms with van der Waals surface area (Å²) in [7, 11) is 0.